The van der Waals surface area contributed by atoms with Crippen LogP contribution in [0.1, 0.15) is 46.5 Å². The van der Waals surface area contributed by atoms with Gasteiger partial charge in [0.05, 0.1) is 27.3 Å². The molecule has 0 bridgehead atoms. The molecule has 45 heavy (non-hydrogen) atoms. The number of benzene rings is 2. The second-order valence-corrected chi connectivity index (χ2v) is 14.1. The molecular weight excluding hydrogens is 616 g/mol. The monoisotopic (exact) mass is 652 g/mol. The number of ether oxygens (including phenoxy) is 1. The summed E-state index contributed by atoms with van der Waals surface area (Å²) < 4.78 is 33.6. The summed E-state index contributed by atoms with van der Waals surface area (Å²) in [6.45, 7) is 6.98. The number of nitrogens with zero attached hydrogens (tertiary/aromatic N) is 4. The molecule has 0 saturated carbocycles. The maximum absolute atomic E-state index is 13.6. The number of hydrogen-bond acceptors (Lipinski definition) is 8. The summed E-state index contributed by atoms with van der Waals surface area (Å²) in [4.78, 5) is 35.6. The van der Waals surface area contributed by atoms with Crippen LogP contribution in [0.3, 0.4) is 0 Å². The largest absolute Gasteiger partial charge is 0.444 e. The van der Waals surface area contributed by atoms with Crippen LogP contribution in [0.5, 0.6) is 0 Å². The first-order valence-electron chi connectivity index (χ1n) is 14.9. The van der Waals surface area contributed by atoms with E-state index >= 15 is 0 Å². The Bertz CT molecular complexity index is 1790. The van der Waals surface area contributed by atoms with Crippen molar-refractivity contribution < 1.29 is 22.7 Å². The highest BCUT2D eigenvalue weighted by atomic mass is 35.5. The maximum atomic E-state index is 13.6. The van der Waals surface area contributed by atoms with Gasteiger partial charge in [0, 0.05) is 49.2 Å². The zero-order valence-corrected chi connectivity index (χ0v) is 27.1. The van der Waals surface area contributed by atoms with E-state index in [-0.39, 0.29) is 21.9 Å². The van der Waals surface area contributed by atoms with Gasteiger partial charge in [0.1, 0.15) is 5.60 Å². The van der Waals surface area contributed by atoms with E-state index in [9.17, 15) is 18.0 Å². The van der Waals surface area contributed by atoms with Gasteiger partial charge in [-0.1, -0.05) is 48.0 Å². The van der Waals surface area contributed by atoms with E-state index in [1.807, 2.05) is 37.8 Å². The number of aromatic nitrogens is 3. The zero-order valence-electron chi connectivity index (χ0n) is 25.5. The molecule has 0 aliphatic carbocycles. The Balaban J connectivity index is 1.23. The van der Waals surface area contributed by atoms with Crippen molar-refractivity contribution >= 4 is 50.5 Å². The molecule has 13 heteroatoms. The van der Waals surface area contributed by atoms with Crippen LogP contribution in [0.4, 0.5) is 10.7 Å². The molecule has 238 valence electrons. The topological polar surface area (TPSA) is 136 Å². The molecule has 1 saturated heterocycles. The SMILES string of the molecule is CC(C)(C)OC(=O)NCCCCC(=O)N1CCC(Nc2ncc(Cl)c(-c3cn(S(=O)(=O)c4ccccc4)c4ccccc34)n2)C1. The fourth-order valence-electron chi connectivity index (χ4n) is 5.22. The number of halogens is 1. The van der Waals surface area contributed by atoms with E-state index in [1.54, 1.807) is 48.7 Å². The molecular formula is C32H37ClN6O5S. The number of anilines is 1. The van der Waals surface area contributed by atoms with Gasteiger partial charge in [-0.3, -0.25) is 4.79 Å². The van der Waals surface area contributed by atoms with E-state index < -0.39 is 21.7 Å². The summed E-state index contributed by atoms with van der Waals surface area (Å²) in [7, 11) is -3.88. The number of amides is 2. The van der Waals surface area contributed by atoms with Crippen molar-refractivity contribution in [1.82, 2.24) is 24.2 Å². The van der Waals surface area contributed by atoms with E-state index in [2.05, 4.69) is 15.6 Å². The fraction of sp³-hybridized carbons (Fsp3) is 0.375. The number of rotatable bonds is 10. The van der Waals surface area contributed by atoms with Crippen LogP contribution in [-0.4, -0.2) is 70.5 Å². The molecule has 11 nitrogen and oxygen atoms in total. The Morgan fingerprint density at radius 2 is 1.80 bits per heavy atom. The number of unbranched alkanes of at least 4 members (excludes halogenated alkanes) is 1. The molecule has 1 aliphatic heterocycles. The van der Waals surface area contributed by atoms with Crippen LogP contribution >= 0.6 is 11.6 Å². The Morgan fingerprint density at radius 1 is 1.07 bits per heavy atom. The van der Waals surface area contributed by atoms with Crippen molar-refractivity contribution in [2.24, 2.45) is 0 Å². The number of fused-ring (bicyclic) bond motifs is 1. The number of nitrogens with one attached hydrogen (secondary N) is 2. The molecule has 2 N–H and O–H groups in total. The van der Waals surface area contributed by atoms with Crippen LogP contribution in [0.25, 0.3) is 22.2 Å². The second-order valence-electron chi connectivity index (χ2n) is 11.9. The minimum Gasteiger partial charge on any atom is -0.444 e. The lowest BCUT2D eigenvalue weighted by Crippen LogP contribution is -2.33. The van der Waals surface area contributed by atoms with E-state index in [0.717, 1.165) is 6.42 Å². The quantitative estimate of drug-likeness (QED) is 0.208. The molecule has 1 unspecified atom stereocenters. The van der Waals surface area contributed by atoms with Crippen molar-refractivity contribution in [3.05, 3.63) is 72.0 Å². The number of para-hydroxylation sites is 1. The minimum atomic E-state index is -3.88. The van der Waals surface area contributed by atoms with Gasteiger partial charge in [-0.2, -0.15) is 0 Å². The molecule has 1 aliphatic rings. The molecule has 2 amide bonds. The van der Waals surface area contributed by atoms with Crippen LogP contribution in [0, 0.1) is 0 Å². The van der Waals surface area contributed by atoms with E-state index in [4.69, 9.17) is 21.3 Å². The highest BCUT2D eigenvalue weighted by Crippen LogP contribution is 2.36. The number of carbonyl (C=O) groups is 2. The summed E-state index contributed by atoms with van der Waals surface area (Å²) in [6.07, 6.45) is 5.02. The van der Waals surface area contributed by atoms with Gasteiger partial charge in [-0.15, -0.1) is 0 Å². The number of likely N-dealkylation sites (tertiary alicyclic amines) is 1. The third-order valence-electron chi connectivity index (χ3n) is 7.34. The molecule has 3 heterocycles. The van der Waals surface area contributed by atoms with Crippen molar-refractivity contribution in [2.45, 2.75) is 63.0 Å². The Labute approximate surface area is 268 Å². The van der Waals surface area contributed by atoms with Crippen LogP contribution in [0.15, 0.2) is 71.9 Å². The summed E-state index contributed by atoms with van der Waals surface area (Å²) >= 11 is 6.57. The fourth-order valence-corrected chi connectivity index (χ4v) is 6.80. The lowest BCUT2D eigenvalue weighted by molar-refractivity contribution is -0.130. The predicted octanol–water partition coefficient (Wildman–Crippen LogP) is 5.70. The summed E-state index contributed by atoms with van der Waals surface area (Å²) in [5, 5.41) is 7.00. The van der Waals surface area contributed by atoms with Gasteiger partial charge in [0.2, 0.25) is 11.9 Å². The normalized spacial score (nSPS) is 15.3. The number of hydrogen-bond donors (Lipinski definition) is 2. The Morgan fingerprint density at radius 3 is 2.56 bits per heavy atom. The summed E-state index contributed by atoms with van der Waals surface area (Å²) in [5.74, 6) is 0.395. The highest BCUT2D eigenvalue weighted by molar-refractivity contribution is 7.90. The lowest BCUT2D eigenvalue weighted by atomic mass is 10.1. The van der Waals surface area contributed by atoms with Gasteiger partial charge < -0.3 is 20.3 Å². The molecule has 4 aromatic rings. The van der Waals surface area contributed by atoms with Crippen molar-refractivity contribution in [1.29, 1.82) is 0 Å². The van der Waals surface area contributed by atoms with E-state index in [0.29, 0.717) is 67.0 Å². The molecule has 1 atom stereocenters. The average Bonchev–Trinajstić information content (AvgIpc) is 3.63. The lowest BCUT2D eigenvalue weighted by Gasteiger charge is -2.19. The van der Waals surface area contributed by atoms with Crippen molar-refractivity contribution in [3.63, 3.8) is 0 Å². The second kappa shape index (κ2) is 13.5. The molecule has 0 radical (unpaired) electrons. The molecule has 1 fully saturated rings. The molecule has 5 rings (SSSR count). The Kier molecular flexibility index (Phi) is 9.64. The minimum absolute atomic E-state index is 0.0571. The highest BCUT2D eigenvalue weighted by Gasteiger charge is 2.27. The van der Waals surface area contributed by atoms with Gasteiger partial charge in [-0.25, -0.2) is 27.2 Å². The number of carbonyl (C=O) groups excluding carboxylic acids is 2. The van der Waals surface area contributed by atoms with Gasteiger partial charge in [-0.05, 0) is 58.2 Å². The first-order valence-corrected chi connectivity index (χ1v) is 16.7. The number of alkyl carbamates (subject to hydrolysis) is 1. The smallest absolute Gasteiger partial charge is 0.407 e. The van der Waals surface area contributed by atoms with Gasteiger partial charge in [0.25, 0.3) is 10.0 Å². The third kappa shape index (κ3) is 7.74. The summed E-state index contributed by atoms with van der Waals surface area (Å²) in [6, 6.07) is 15.4. The van der Waals surface area contributed by atoms with Gasteiger partial charge >= 0.3 is 6.09 Å². The van der Waals surface area contributed by atoms with E-state index in [1.165, 1.54) is 10.2 Å². The third-order valence-corrected chi connectivity index (χ3v) is 9.30. The molecule has 2 aromatic carbocycles. The maximum Gasteiger partial charge on any atom is 0.407 e. The zero-order chi connectivity index (χ0) is 32.2. The first-order chi connectivity index (χ1) is 21.4. The predicted molar refractivity (Wildman–Crippen MR) is 174 cm³/mol. The first kappa shape index (κ1) is 32.2. The molecule has 0 spiro atoms. The van der Waals surface area contributed by atoms with Crippen molar-refractivity contribution in [2.75, 3.05) is 25.0 Å². The summed E-state index contributed by atoms with van der Waals surface area (Å²) in [5.41, 5.74) is 0.917. The van der Waals surface area contributed by atoms with Gasteiger partial charge in [0.15, 0.2) is 0 Å². The van der Waals surface area contributed by atoms with Crippen LogP contribution in [0.2, 0.25) is 5.02 Å². The van der Waals surface area contributed by atoms with Crippen LogP contribution < -0.4 is 10.6 Å². The average molecular weight is 653 g/mol. The standard InChI is InChI=1S/C32H37ClN6O5S/c1-32(2,3)44-31(41)34-17-10-9-15-28(40)38-18-16-22(20-38)36-30-35-19-26(33)29(37-30)25-21-39(27-14-8-7-13-24(25)27)45(42,43)23-11-5-4-6-12-23/h4-8,11-14,19,21-22H,9-10,15-18,20H2,1-3H3,(H,34,41)(H,35,36,37). The van der Waals surface area contributed by atoms with Crippen molar-refractivity contribution in [3.8, 4) is 11.3 Å². The van der Waals surface area contributed by atoms with Crippen LogP contribution in [-0.2, 0) is 19.6 Å². The molecule has 2 aromatic heterocycles. The Hall–Kier alpha value is -4.16.